The first-order valence-corrected chi connectivity index (χ1v) is 8.15. The van der Waals surface area contributed by atoms with Gasteiger partial charge in [-0.05, 0) is 30.9 Å². The molecule has 5 heteroatoms. The number of para-hydroxylation sites is 1. The molecule has 2 rings (SSSR count). The van der Waals surface area contributed by atoms with Crippen molar-refractivity contribution in [2.24, 2.45) is 5.92 Å². The molecule has 1 aliphatic rings. The maximum Gasteiger partial charge on any atom is 0.244 e. The van der Waals surface area contributed by atoms with Gasteiger partial charge in [-0.3, -0.25) is 0 Å². The van der Waals surface area contributed by atoms with Crippen LogP contribution in [0.15, 0.2) is 29.2 Å². The second-order valence-electron chi connectivity index (χ2n) is 5.44. The van der Waals surface area contributed by atoms with E-state index in [1.54, 1.807) is 26.2 Å². The molecule has 1 saturated carbocycles. The molecular formula is C14H22N2O2S. The minimum absolute atomic E-state index is 0.360. The molecule has 0 aromatic heterocycles. The standard InChI is InChI=1S/C14H22N2O2S/c1-11-7-6-9-12(11)15-13-8-4-5-10-14(13)19(17,18)16(2)3/h4-5,8,10-12,15H,6-7,9H2,1-3H3. The monoisotopic (exact) mass is 282 g/mol. The highest BCUT2D eigenvalue weighted by Gasteiger charge is 2.26. The van der Waals surface area contributed by atoms with Gasteiger partial charge in [-0.1, -0.05) is 25.5 Å². The number of benzene rings is 1. The fraction of sp³-hybridized carbons (Fsp3) is 0.571. The second-order valence-corrected chi connectivity index (χ2v) is 7.56. The Labute approximate surface area is 115 Å². The fourth-order valence-corrected chi connectivity index (χ4v) is 3.62. The highest BCUT2D eigenvalue weighted by molar-refractivity contribution is 7.89. The Morgan fingerprint density at radius 2 is 1.89 bits per heavy atom. The van der Waals surface area contributed by atoms with Crippen LogP contribution in [0.2, 0.25) is 0 Å². The molecule has 0 saturated heterocycles. The van der Waals surface area contributed by atoms with E-state index in [1.165, 1.54) is 17.1 Å². The third kappa shape index (κ3) is 2.92. The second kappa shape index (κ2) is 5.51. The Morgan fingerprint density at radius 3 is 2.47 bits per heavy atom. The number of nitrogens with zero attached hydrogens (tertiary/aromatic N) is 1. The summed E-state index contributed by atoms with van der Waals surface area (Å²) < 4.78 is 25.8. The SMILES string of the molecule is CC1CCCC1Nc1ccccc1S(=O)(=O)N(C)C. The van der Waals surface area contributed by atoms with Gasteiger partial charge < -0.3 is 5.32 Å². The van der Waals surface area contributed by atoms with Crippen molar-refractivity contribution in [3.8, 4) is 0 Å². The summed E-state index contributed by atoms with van der Waals surface area (Å²) in [6.45, 7) is 2.22. The number of hydrogen-bond donors (Lipinski definition) is 1. The lowest BCUT2D eigenvalue weighted by Gasteiger charge is -2.22. The smallest absolute Gasteiger partial charge is 0.244 e. The molecular weight excluding hydrogens is 260 g/mol. The Kier molecular flexibility index (Phi) is 4.16. The molecule has 1 N–H and O–H groups in total. The largest absolute Gasteiger partial charge is 0.381 e. The third-order valence-electron chi connectivity index (χ3n) is 3.85. The average Bonchev–Trinajstić information content (AvgIpc) is 2.75. The zero-order valence-corrected chi connectivity index (χ0v) is 12.6. The summed E-state index contributed by atoms with van der Waals surface area (Å²) >= 11 is 0. The molecule has 0 radical (unpaired) electrons. The summed E-state index contributed by atoms with van der Waals surface area (Å²) in [7, 11) is -0.276. The molecule has 4 nitrogen and oxygen atoms in total. The summed E-state index contributed by atoms with van der Waals surface area (Å²) in [5.74, 6) is 0.593. The first-order chi connectivity index (χ1) is 8.93. The predicted octanol–water partition coefficient (Wildman–Crippen LogP) is 2.54. The zero-order valence-electron chi connectivity index (χ0n) is 11.8. The summed E-state index contributed by atoms with van der Waals surface area (Å²) in [5.41, 5.74) is 0.718. The van der Waals surface area contributed by atoms with E-state index in [1.807, 2.05) is 12.1 Å². The fourth-order valence-electron chi connectivity index (χ4n) is 2.57. The van der Waals surface area contributed by atoms with E-state index in [9.17, 15) is 8.42 Å². The van der Waals surface area contributed by atoms with Crippen LogP contribution in [0.1, 0.15) is 26.2 Å². The lowest BCUT2D eigenvalue weighted by atomic mass is 10.1. The van der Waals surface area contributed by atoms with E-state index in [4.69, 9.17) is 0 Å². The zero-order chi connectivity index (χ0) is 14.0. The van der Waals surface area contributed by atoms with Gasteiger partial charge in [0.15, 0.2) is 0 Å². The molecule has 0 heterocycles. The minimum atomic E-state index is -3.40. The van der Waals surface area contributed by atoms with Crippen molar-refractivity contribution >= 4 is 15.7 Å². The average molecular weight is 282 g/mol. The molecule has 2 atom stereocenters. The van der Waals surface area contributed by atoms with Crippen LogP contribution in [0, 0.1) is 5.92 Å². The Balaban J connectivity index is 2.32. The number of hydrogen-bond acceptors (Lipinski definition) is 3. The van der Waals surface area contributed by atoms with Gasteiger partial charge in [-0.25, -0.2) is 12.7 Å². The lowest BCUT2D eigenvalue weighted by molar-refractivity contribution is 0.520. The maximum atomic E-state index is 12.3. The first kappa shape index (κ1) is 14.3. The van der Waals surface area contributed by atoms with Crippen LogP contribution < -0.4 is 5.32 Å². The molecule has 0 aliphatic heterocycles. The minimum Gasteiger partial charge on any atom is -0.381 e. The van der Waals surface area contributed by atoms with Crippen molar-refractivity contribution in [2.45, 2.75) is 37.1 Å². The van der Waals surface area contributed by atoms with Crippen LogP contribution in [0.4, 0.5) is 5.69 Å². The van der Waals surface area contributed by atoms with Crippen LogP contribution in [-0.2, 0) is 10.0 Å². The van der Waals surface area contributed by atoms with Gasteiger partial charge in [0, 0.05) is 20.1 Å². The van der Waals surface area contributed by atoms with E-state index in [0.29, 0.717) is 16.9 Å². The van der Waals surface area contributed by atoms with E-state index in [0.717, 1.165) is 12.1 Å². The van der Waals surface area contributed by atoms with Crippen molar-refractivity contribution in [1.29, 1.82) is 0 Å². The Bertz CT molecular complexity index is 540. The Morgan fingerprint density at radius 1 is 1.21 bits per heavy atom. The van der Waals surface area contributed by atoms with E-state index >= 15 is 0 Å². The molecule has 0 amide bonds. The van der Waals surface area contributed by atoms with E-state index in [-0.39, 0.29) is 0 Å². The molecule has 19 heavy (non-hydrogen) atoms. The third-order valence-corrected chi connectivity index (χ3v) is 5.72. The van der Waals surface area contributed by atoms with Crippen LogP contribution in [0.5, 0.6) is 0 Å². The van der Waals surface area contributed by atoms with Crippen LogP contribution in [-0.4, -0.2) is 32.9 Å². The van der Waals surface area contributed by atoms with Gasteiger partial charge in [-0.15, -0.1) is 0 Å². The van der Waals surface area contributed by atoms with E-state index in [2.05, 4.69) is 12.2 Å². The molecule has 1 aromatic rings. The first-order valence-electron chi connectivity index (χ1n) is 6.71. The highest BCUT2D eigenvalue weighted by atomic mass is 32.2. The summed E-state index contributed by atoms with van der Waals surface area (Å²) in [6, 6.07) is 7.52. The summed E-state index contributed by atoms with van der Waals surface area (Å²) in [4.78, 5) is 0.360. The Hall–Kier alpha value is -1.07. The number of rotatable bonds is 4. The highest BCUT2D eigenvalue weighted by Crippen LogP contribution is 2.31. The number of anilines is 1. The van der Waals surface area contributed by atoms with Crippen molar-refractivity contribution in [2.75, 3.05) is 19.4 Å². The summed E-state index contributed by atoms with van der Waals surface area (Å²) in [5, 5.41) is 3.41. The maximum absolute atomic E-state index is 12.3. The van der Waals surface area contributed by atoms with Gasteiger partial charge in [-0.2, -0.15) is 0 Å². The molecule has 2 unspecified atom stereocenters. The quantitative estimate of drug-likeness (QED) is 0.923. The molecule has 1 aliphatic carbocycles. The van der Waals surface area contributed by atoms with Gasteiger partial charge in [0.25, 0.3) is 0 Å². The lowest BCUT2D eigenvalue weighted by Crippen LogP contribution is -2.26. The van der Waals surface area contributed by atoms with Gasteiger partial charge >= 0.3 is 0 Å². The predicted molar refractivity (Wildman–Crippen MR) is 77.7 cm³/mol. The van der Waals surface area contributed by atoms with Crippen molar-refractivity contribution in [3.63, 3.8) is 0 Å². The van der Waals surface area contributed by atoms with Gasteiger partial charge in [0.2, 0.25) is 10.0 Å². The molecule has 1 aromatic carbocycles. The van der Waals surface area contributed by atoms with Crippen molar-refractivity contribution in [3.05, 3.63) is 24.3 Å². The van der Waals surface area contributed by atoms with Crippen molar-refractivity contribution < 1.29 is 8.42 Å². The van der Waals surface area contributed by atoms with Crippen molar-refractivity contribution in [1.82, 2.24) is 4.31 Å². The normalized spacial score (nSPS) is 23.8. The summed E-state index contributed by atoms with van der Waals surface area (Å²) in [6.07, 6.45) is 3.53. The van der Waals surface area contributed by atoms with Crippen LogP contribution >= 0.6 is 0 Å². The topological polar surface area (TPSA) is 49.4 Å². The number of sulfonamides is 1. The molecule has 0 spiro atoms. The van der Waals surface area contributed by atoms with Gasteiger partial charge in [0.05, 0.1) is 5.69 Å². The van der Waals surface area contributed by atoms with Crippen LogP contribution in [0.25, 0.3) is 0 Å². The molecule has 106 valence electrons. The molecule has 0 bridgehead atoms. The number of nitrogens with one attached hydrogen (secondary N) is 1. The molecule has 1 fully saturated rings. The van der Waals surface area contributed by atoms with Crippen LogP contribution in [0.3, 0.4) is 0 Å². The van der Waals surface area contributed by atoms with E-state index < -0.39 is 10.0 Å². The van der Waals surface area contributed by atoms with Gasteiger partial charge in [0.1, 0.15) is 4.90 Å².